The summed E-state index contributed by atoms with van der Waals surface area (Å²) >= 11 is 0. The predicted molar refractivity (Wildman–Crippen MR) is 52.5 cm³/mol. The van der Waals surface area contributed by atoms with Crippen molar-refractivity contribution < 1.29 is 10.2 Å². The van der Waals surface area contributed by atoms with Crippen LogP contribution >= 0.6 is 0 Å². The van der Waals surface area contributed by atoms with Crippen LogP contribution in [0.15, 0.2) is 0 Å². The maximum atomic E-state index is 9.17. The molecule has 0 radical (unpaired) electrons. The zero-order valence-electron chi connectivity index (χ0n) is 8.64. The van der Waals surface area contributed by atoms with Gasteiger partial charge in [0.1, 0.15) is 0 Å². The molecular formula is C10H21NO2. The first kappa shape index (κ1) is 11.0. The van der Waals surface area contributed by atoms with Crippen molar-refractivity contribution in [1.82, 2.24) is 5.32 Å². The lowest BCUT2D eigenvalue weighted by Gasteiger charge is -2.28. The minimum Gasteiger partial charge on any atom is -0.396 e. The van der Waals surface area contributed by atoms with Crippen molar-refractivity contribution >= 4 is 0 Å². The summed E-state index contributed by atoms with van der Waals surface area (Å²) in [6.07, 6.45) is 3.08. The summed E-state index contributed by atoms with van der Waals surface area (Å²) in [6.45, 7) is 5.36. The summed E-state index contributed by atoms with van der Waals surface area (Å²) in [7, 11) is 0. The monoisotopic (exact) mass is 187 g/mol. The van der Waals surface area contributed by atoms with Crippen molar-refractivity contribution in [3.63, 3.8) is 0 Å². The van der Waals surface area contributed by atoms with Gasteiger partial charge in [0.05, 0.1) is 6.61 Å². The van der Waals surface area contributed by atoms with Crippen LogP contribution in [-0.2, 0) is 0 Å². The summed E-state index contributed by atoms with van der Waals surface area (Å²) in [5.41, 5.74) is -0.0453. The summed E-state index contributed by atoms with van der Waals surface area (Å²) < 4.78 is 0. The minimum atomic E-state index is -0.0369. The van der Waals surface area contributed by atoms with Gasteiger partial charge in [0.15, 0.2) is 0 Å². The zero-order valence-corrected chi connectivity index (χ0v) is 8.64. The highest BCUT2D eigenvalue weighted by Gasteiger charge is 2.42. The number of aliphatic hydroxyl groups excluding tert-OH is 2. The molecule has 1 fully saturated rings. The average Bonchev–Trinajstić information content (AvgIpc) is 2.95. The van der Waals surface area contributed by atoms with Gasteiger partial charge in [0.25, 0.3) is 0 Å². The van der Waals surface area contributed by atoms with E-state index in [0.29, 0.717) is 0 Å². The van der Waals surface area contributed by atoms with Crippen LogP contribution in [0, 0.1) is 5.41 Å². The minimum absolute atomic E-state index is 0.00833. The molecule has 0 aliphatic heterocycles. The molecule has 78 valence electrons. The Balaban J connectivity index is 2.32. The van der Waals surface area contributed by atoms with E-state index in [2.05, 4.69) is 19.2 Å². The lowest BCUT2D eigenvalue weighted by molar-refractivity contribution is 0.122. The predicted octanol–water partition coefficient (Wildman–Crippen LogP) is 0.509. The van der Waals surface area contributed by atoms with Crippen LogP contribution in [0.5, 0.6) is 0 Å². The van der Waals surface area contributed by atoms with Crippen LogP contribution < -0.4 is 5.32 Å². The summed E-state index contributed by atoms with van der Waals surface area (Å²) in [6, 6.07) is 0. The van der Waals surface area contributed by atoms with E-state index >= 15 is 0 Å². The molecule has 0 aromatic rings. The Labute approximate surface area is 80.2 Å². The van der Waals surface area contributed by atoms with Crippen molar-refractivity contribution in [1.29, 1.82) is 0 Å². The van der Waals surface area contributed by atoms with Crippen molar-refractivity contribution in [3.8, 4) is 0 Å². The van der Waals surface area contributed by atoms with E-state index in [-0.39, 0.29) is 24.2 Å². The highest BCUT2D eigenvalue weighted by molar-refractivity contribution is 5.02. The Morgan fingerprint density at radius 2 is 2.00 bits per heavy atom. The van der Waals surface area contributed by atoms with E-state index in [1.807, 2.05) is 0 Å². The van der Waals surface area contributed by atoms with Crippen LogP contribution in [0.2, 0.25) is 0 Å². The topological polar surface area (TPSA) is 52.5 Å². The number of nitrogens with one attached hydrogen (secondary N) is 1. The van der Waals surface area contributed by atoms with Crippen LogP contribution in [0.25, 0.3) is 0 Å². The van der Waals surface area contributed by atoms with Crippen molar-refractivity contribution in [3.05, 3.63) is 0 Å². The van der Waals surface area contributed by atoms with Gasteiger partial charge in [-0.15, -0.1) is 0 Å². The molecular weight excluding hydrogens is 166 g/mol. The van der Waals surface area contributed by atoms with Gasteiger partial charge in [0, 0.05) is 24.1 Å². The molecule has 3 N–H and O–H groups in total. The Morgan fingerprint density at radius 3 is 2.31 bits per heavy atom. The maximum absolute atomic E-state index is 9.17. The first-order valence-electron chi connectivity index (χ1n) is 5.06. The Hall–Kier alpha value is -0.120. The molecule has 0 amide bonds. The Bertz CT molecular complexity index is 162. The van der Waals surface area contributed by atoms with Gasteiger partial charge in [-0.2, -0.15) is 0 Å². The number of hydrogen-bond donors (Lipinski definition) is 3. The quantitative estimate of drug-likeness (QED) is 0.568. The van der Waals surface area contributed by atoms with Gasteiger partial charge >= 0.3 is 0 Å². The van der Waals surface area contributed by atoms with Gasteiger partial charge in [-0.05, 0) is 19.3 Å². The van der Waals surface area contributed by atoms with Gasteiger partial charge in [0.2, 0.25) is 0 Å². The van der Waals surface area contributed by atoms with Crippen molar-refractivity contribution in [2.75, 3.05) is 19.8 Å². The Morgan fingerprint density at radius 1 is 1.38 bits per heavy atom. The standard InChI is InChI=1S/C10H21NO2/c1-3-9(2,7-12)6-11-10(8-13)4-5-10/h11-13H,3-8H2,1-2H3. The first-order chi connectivity index (χ1) is 6.10. The van der Waals surface area contributed by atoms with Crippen molar-refractivity contribution in [2.24, 2.45) is 5.41 Å². The summed E-state index contributed by atoms with van der Waals surface area (Å²) in [5, 5.41) is 21.6. The van der Waals surface area contributed by atoms with E-state index < -0.39 is 0 Å². The smallest absolute Gasteiger partial charge is 0.0613 e. The van der Waals surface area contributed by atoms with Crippen LogP contribution in [0.3, 0.4) is 0 Å². The molecule has 1 aliphatic rings. The average molecular weight is 187 g/mol. The normalized spacial score (nSPS) is 24.0. The second-order valence-corrected chi connectivity index (χ2v) is 4.61. The second-order valence-electron chi connectivity index (χ2n) is 4.61. The third-order valence-electron chi connectivity index (χ3n) is 3.28. The lowest BCUT2D eigenvalue weighted by atomic mass is 9.88. The highest BCUT2D eigenvalue weighted by Crippen LogP contribution is 2.35. The summed E-state index contributed by atoms with van der Waals surface area (Å²) in [4.78, 5) is 0. The SMILES string of the molecule is CCC(C)(CO)CNC1(CO)CC1. The molecule has 0 heterocycles. The molecule has 1 aliphatic carbocycles. The van der Waals surface area contributed by atoms with E-state index in [4.69, 9.17) is 5.11 Å². The molecule has 0 aromatic carbocycles. The first-order valence-corrected chi connectivity index (χ1v) is 5.06. The van der Waals surface area contributed by atoms with Gasteiger partial charge < -0.3 is 15.5 Å². The van der Waals surface area contributed by atoms with Crippen LogP contribution in [0.1, 0.15) is 33.1 Å². The third kappa shape index (κ3) is 2.66. The molecule has 0 spiro atoms. The molecule has 3 nitrogen and oxygen atoms in total. The van der Waals surface area contributed by atoms with Crippen LogP contribution in [0.4, 0.5) is 0 Å². The number of aliphatic hydroxyl groups is 2. The third-order valence-corrected chi connectivity index (χ3v) is 3.28. The second kappa shape index (κ2) is 3.95. The fraction of sp³-hybridized carbons (Fsp3) is 1.00. The lowest BCUT2D eigenvalue weighted by Crippen LogP contribution is -2.43. The van der Waals surface area contributed by atoms with E-state index in [0.717, 1.165) is 25.8 Å². The van der Waals surface area contributed by atoms with Gasteiger partial charge in [-0.3, -0.25) is 0 Å². The highest BCUT2D eigenvalue weighted by atomic mass is 16.3. The molecule has 0 saturated heterocycles. The molecule has 1 unspecified atom stereocenters. The zero-order chi connectivity index (χ0) is 9.95. The maximum Gasteiger partial charge on any atom is 0.0613 e. The van der Waals surface area contributed by atoms with E-state index in [9.17, 15) is 5.11 Å². The van der Waals surface area contributed by atoms with Crippen LogP contribution in [-0.4, -0.2) is 35.5 Å². The van der Waals surface area contributed by atoms with E-state index in [1.54, 1.807) is 0 Å². The van der Waals surface area contributed by atoms with E-state index in [1.165, 1.54) is 0 Å². The molecule has 0 bridgehead atoms. The molecule has 1 saturated carbocycles. The molecule has 1 atom stereocenters. The molecule has 0 aromatic heterocycles. The molecule has 1 rings (SSSR count). The number of hydrogen-bond acceptors (Lipinski definition) is 3. The van der Waals surface area contributed by atoms with Gasteiger partial charge in [-0.25, -0.2) is 0 Å². The molecule has 13 heavy (non-hydrogen) atoms. The molecule has 3 heteroatoms. The fourth-order valence-electron chi connectivity index (χ4n) is 1.24. The summed E-state index contributed by atoms with van der Waals surface area (Å²) in [5.74, 6) is 0. The fourth-order valence-corrected chi connectivity index (χ4v) is 1.24. The largest absolute Gasteiger partial charge is 0.396 e. The Kier molecular flexibility index (Phi) is 3.33. The van der Waals surface area contributed by atoms with Gasteiger partial charge in [-0.1, -0.05) is 13.8 Å². The van der Waals surface area contributed by atoms with Crippen molar-refractivity contribution in [2.45, 2.75) is 38.6 Å². The number of rotatable bonds is 6.